The van der Waals surface area contributed by atoms with E-state index < -0.39 is 0 Å². The maximum absolute atomic E-state index is 5.44. The van der Waals surface area contributed by atoms with Gasteiger partial charge in [-0.05, 0) is 6.42 Å². The standard InChI is InChI=1S/C11H13O.BrH.Zn/c1-3-4-8-12-11-7-5-6-10(2)9-11;;/h3,5,7,9H,1,4,8H2,2H3;1H;/q-1;;+2/p-1. The normalized spacial score (nSPS) is 8.57. The van der Waals surface area contributed by atoms with Gasteiger partial charge in [0.25, 0.3) is 0 Å². The van der Waals surface area contributed by atoms with Crippen LogP contribution in [0.4, 0.5) is 0 Å². The van der Waals surface area contributed by atoms with Crippen LogP contribution in [0.2, 0.25) is 0 Å². The van der Waals surface area contributed by atoms with Crippen molar-refractivity contribution in [2.45, 2.75) is 13.3 Å². The molecule has 0 aliphatic carbocycles. The van der Waals surface area contributed by atoms with Gasteiger partial charge in [0.1, 0.15) is 0 Å². The molecule has 0 saturated carbocycles. The number of ether oxygens (including phenoxy) is 1. The van der Waals surface area contributed by atoms with Crippen molar-refractivity contribution >= 4 is 13.6 Å². The van der Waals surface area contributed by atoms with Gasteiger partial charge >= 0.3 is 30.0 Å². The van der Waals surface area contributed by atoms with E-state index in [4.69, 9.17) is 4.74 Å². The summed E-state index contributed by atoms with van der Waals surface area (Å²) in [5.41, 5.74) is 1.10. The molecule has 0 atom stereocenters. The first kappa shape index (κ1) is 13.9. The van der Waals surface area contributed by atoms with Gasteiger partial charge in [-0.2, -0.15) is 17.7 Å². The molecule has 1 nitrogen and oxygen atoms in total. The summed E-state index contributed by atoms with van der Waals surface area (Å²) in [6, 6.07) is 8.82. The van der Waals surface area contributed by atoms with Crippen molar-refractivity contribution in [3.05, 3.63) is 42.5 Å². The first-order chi connectivity index (χ1) is 6.83. The zero-order chi connectivity index (χ0) is 10.8. The Morgan fingerprint density at radius 1 is 1.64 bits per heavy atom. The zero-order valence-corrected chi connectivity index (χ0v) is 13.0. The Bertz CT molecular complexity index is 263. The summed E-state index contributed by atoms with van der Waals surface area (Å²) in [4.78, 5) is 0. The predicted octanol–water partition coefficient (Wildman–Crippen LogP) is 3.59. The Morgan fingerprint density at radius 2 is 2.36 bits per heavy atom. The molecule has 0 spiro atoms. The molecule has 0 aromatic heterocycles. The molecule has 0 bridgehead atoms. The van der Waals surface area contributed by atoms with Gasteiger partial charge in [0.2, 0.25) is 0 Å². The third-order valence-corrected chi connectivity index (χ3v) is 1.51. The van der Waals surface area contributed by atoms with E-state index in [1.807, 2.05) is 31.2 Å². The second kappa shape index (κ2) is 9.42. The van der Waals surface area contributed by atoms with Gasteiger partial charge in [0.15, 0.2) is 0 Å². The molecule has 0 saturated heterocycles. The molecule has 1 aromatic rings. The minimum atomic E-state index is 0.701. The van der Waals surface area contributed by atoms with Crippen molar-refractivity contribution < 1.29 is 21.1 Å². The first-order valence-corrected chi connectivity index (χ1v) is 11.3. The molecular weight excluding hydrogens is 293 g/mol. The summed E-state index contributed by atoms with van der Waals surface area (Å²) < 4.78 is 5.44. The van der Waals surface area contributed by atoms with Crippen LogP contribution in [-0.4, -0.2) is 6.61 Å². The van der Waals surface area contributed by atoms with Gasteiger partial charge < -0.3 is 4.74 Å². The van der Waals surface area contributed by atoms with Crippen LogP contribution in [0.1, 0.15) is 12.0 Å². The first-order valence-electron chi connectivity index (χ1n) is 4.31. The van der Waals surface area contributed by atoms with Crippen LogP contribution in [0.5, 0.6) is 5.75 Å². The second-order valence-corrected chi connectivity index (χ2v) is 2.63. The summed E-state index contributed by atoms with van der Waals surface area (Å²) in [7, 11) is 0. The number of aryl methyl sites for hydroxylation is 1. The van der Waals surface area contributed by atoms with Gasteiger partial charge in [-0.1, -0.05) is 13.0 Å². The molecule has 0 radical (unpaired) electrons. The SMILES string of the molecule is C=CCCOc1cc[c-]c(C)c1.[Zn+][Br]. The Kier molecular flexibility index (Phi) is 9.33. The molecule has 0 fully saturated rings. The molecule has 0 heterocycles. The van der Waals surface area contributed by atoms with E-state index >= 15 is 0 Å². The van der Waals surface area contributed by atoms with Crippen LogP contribution in [-0.2, 0) is 16.3 Å². The average molecular weight is 307 g/mol. The third kappa shape index (κ3) is 6.34. The van der Waals surface area contributed by atoms with Crippen molar-refractivity contribution in [3.63, 3.8) is 0 Å². The predicted molar refractivity (Wildman–Crippen MR) is 59.3 cm³/mol. The van der Waals surface area contributed by atoms with E-state index in [0.29, 0.717) is 6.61 Å². The monoisotopic (exact) mass is 304 g/mol. The van der Waals surface area contributed by atoms with Crippen molar-refractivity contribution in [3.8, 4) is 5.75 Å². The van der Waals surface area contributed by atoms with E-state index in [2.05, 4.69) is 26.3 Å². The Labute approximate surface area is 103 Å². The van der Waals surface area contributed by atoms with Crippen molar-refractivity contribution in [1.29, 1.82) is 0 Å². The Hall–Kier alpha value is -0.137. The summed E-state index contributed by atoms with van der Waals surface area (Å²) in [6.07, 6.45) is 2.74. The Balaban J connectivity index is 0.000000791. The fraction of sp³-hybridized carbons (Fsp3) is 0.273. The van der Waals surface area contributed by atoms with Gasteiger partial charge in [-0.25, -0.2) is 0 Å². The molecule has 1 rings (SSSR count). The van der Waals surface area contributed by atoms with Crippen molar-refractivity contribution in [1.82, 2.24) is 0 Å². The summed E-state index contributed by atoms with van der Waals surface area (Å²) >= 11 is 4.25. The van der Waals surface area contributed by atoms with E-state index in [-0.39, 0.29) is 0 Å². The molecule has 1 aromatic carbocycles. The topological polar surface area (TPSA) is 9.23 Å². The molecule has 0 N–H and O–H groups in total. The molecule has 0 aliphatic rings. The molecule has 0 unspecified atom stereocenters. The van der Waals surface area contributed by atoms with E-state index in [1.54, 1.807) is 0 Å². The van der Waals surface area contributed by atoms with Gasteiger partial charge in [-0.3, -0.25) is 0 Å². The van der Waals surface area contributed by atoms with Gasteiger partial charge in [0, 0.05) is 5.75 Å². The van der Waals surface area contributed by atoms with Crippen LogP contribution in [0.3, 0.4) is 0 Å². The molecule has 14 heavy (non-hydrogen) atoms. The van der Waals surface area contributed by atoms with E-state index in [1.165, 1.54) is 16.3 Å². The number of benzene rings is 1. The fourth-order valence-corrected chi connectivity index (χ4v) is 0.908. The second-order valence-electron chi connectivity index (χ2n) is 2.63. The third-order valence-electron chi connectivity index (χ3n) is 1.51. The quantitative estimate of drug-likeness (QED) is 0.357. The summed E-state index contributed by atoms with van der Waals surface area (Å²) in [6.45, 7) is 6.32. The molecular formula is C11H13BrOZn. The van der Waals surface area contributed by atoms with Gasteiger partial charge in [0.05, 0.1) is 6.61 Å². The average Bonchev–Trinajstić information content (AvgIpc) is 2.21. The van der Waals surface area contributed by atoms with Gasteiger partial charge in [-0.15, -0.1) is 18.7 Å². The van der Waals surface area contributed by atoms with Crippen LogP contribution in [0, 0.1) is 13.0 Å². The van der Waals surface area contributed by atoms with Crippen LogP contribution >= 0.6 is 13.6 Å². The van der Waals surface area contributed by atoms with Crippen LogP contribution in [0.15, 0.2) is 30.9 Å². The van der Waals surface area contributed by atoms with E-state index in [9.17, 15) is 0 Å². The fourth-order valence-electron chi connectivity index (χ4n) is 0.908. The maximum atomic E-state index is 5.44. The minimum absolute atomic E-state index is 0.701. The molecule has 0 aliphatic heterocycles. The number of hydrogen-bond acceptors (Lipinski definition) is 1. The van der Waals surface area contributed by atoms with Crippen LogP contribution in [0.25, 0.3) is 0 Å². The number of halogens is 1. The van der Waals surface area contributed by atoms with Crippen LogP contribution < -0.4 is 4.74 Å². The Morgan fingerprint density at radius 3 is 2.93 bits per heavy atom. The summed E-state index contributed by atoms with van der Waals surface area (Å²) in [5.74, 6) is 0.910. The molecule has 72 valence electrons. The van der Waals surface area contributed by atoms with E-state index in [0.717, 1.165) is 17.7 Å². The summed E-state index contributed by atoms with van der Waals surface area (Å²) in [5, 5.41) is 0. The number of rotatable bonds is 4. The molecule has 3 heteroatoms. The molecule has 0 amide bonds. The zero-order valence-electron chi connectivity index (χ0n) is 8.42. The van der Waals surface area contributed by atoms with Crippen molar-refractivity contribution in [2.24, 2.45) is 0 Å². The van der Waals surface area contributed by atoms with Crippen molar-refractivity contribution in [2.75, 3.05) is 6.61 Å². The number of hydrogen-bond donors (Lipinski definition) is 0.